The molecule has 1 aromatic heterocycles. The lowest BCUT2D eigenvalue weighted by Gasteiger charge is -2.28. The molecule has 1 aromatic carbocycles. The molecule has 7 nitrogen and oxygen atoms in total. The van der Waals surface area contributed by atoms with Crippen molar-refractivity contribution < 1.29 is 14.1 Å². The molecule has 2 aromatic rings. The van der Waals surface area contributed by atoms with Crippen LogP contribution in [0.3, 0.4) is 0 Å². The first-order valence-electron chi connectivity index (χ1n) is 8.91. The molecule has 140 valence electrons. The van der Waals surface area contributed by atoms with Crippen molar-refractivity contribution in [2.24, 2.45) is 5.41 Å². The normalized spacial score (nSPS) is 15.7. The van der Waals surface area contributed by atoms with Crippen molar-refractivity contribution in [1.82, 2.24) is 15.0 Å². The van der Waals surface area contributed by atoms with Crippen molar-refractivity contribution >= 4 is 11.9 Å². The van der Waals surface area contributed by atoms with E-state index in [1.54, 1.807) is 7.11 Å². The number of hydrogen-bond acceptors (Lipinski definition) is 6. The van der Waals surface area contributed by atoms with Crippen molar-refractivity contribution in [3.63, 3.8) is 0 Å². The molecular formula is C19H26N4O3. The van der Waals surface area contributed by atoms with Gasteiger partial charge in [0.05, 0.1) is 7.11 Å². The maximum absolute atomic E-state index is 12.5. The van der Waals surface area contributed by atoms with Crippen molar-refractivity contribution in [2.75, 3.05) is 38.2 Å². The minimum Gasteiger partial charge on any atom is -0.497 e. The lowest BCUT2D eigenvalue weighted by atomic mass is 9.94. The van der Waals surface area contributed by atoms with Gasteiger partial charge in [-0.05, 0) is 18.6 Å². The molecule has 1 aliphatic heterocycles. The number of ether oxygens (including phenoxy) is 1. The molecule has 0 N–H and O–H groups in total. The van der Waals surface area contributed by atoms with E-state index >= 15 is 0 Å². The first kappa shape index (κ1) is 18.2. The number of aromatic nitrogens is 2. The van der Waals surface area contributed by atoms with Crippen LogP contribution in [0.2, 0.25) is 0 Å². The van der Waals surface area contributed by atoms with Crippen LogP contribution in [0, 0.1) is 5.41 Å². The standard InChI is InChI=1S/C19H26N4O3/c1-19(2,3)17(24)22-9-6-10-23(12-11-22)18-20-16(21-26-18)14-7-5-8-15(13-14)25-4/h5,7-8,13H,6,9-12H2,1-4H3. The van der Waals surface area contributed by atoms with E-state index in [4.69, 9.17) is 9.26 Å². The number of hydrogen-bond donors (Lipinski definition) is 0. The largest absolute Gasteiger partial charge is 0.497 e. The summed E-state index contributed by atoms with van der Waals surface area (Å²) in [6, 6.07) is 8.06. The fraction of sp³-hybridized carbons (Fsp3) is 0.526. The number of anilines is 1. The van der Waals surface area contributed by atoms with Crippen LogP contribution in [0.1, 0.15) is 27.2 Å². The Kier molecular flexibility index (Phi) is 5.15. The lowest BCUT2D eigenvalue weighted by Crippen LogP contribution is -2.41. The zero-order valence-corrected chi connectivity index (χ0v) is 15.9. The smallest absolute Gasteiger partial charge is 0.324 e. The SMILES string of the molecule is COc1cccc(-c2noc(N3CCCN(C(=O)C(C)(C)C)CC3)n2)c1. The third kappa shape index (κ3) is 3.98. The number of benzene rings is 1. The Morgan fingerprint density at radius 3 is 2.73 bits per heavy atom. The second-order valence-electron chi connectivity index (χ2n) is 7.52. The van der Waals surface area contributed by atoms with Crippen LogP contribution in [-0.2, 0) is 4.79 Å². The van der Waals surface area contributed by atoms with Crippen LogP contribution in [0.25, 0.3) is 11.4 Å². The summed E-state index contributed by atoms with van der Waals surface area (Å²) >= 11 is 0. The summed E-state index contributed by atoms with van der Waals surface area (Å²) < 4.78 is 10.7. The molecule has 0 unspecified atom stereocenters. The summed E-state index contributed by atoms with van der Waals surface area (Å²) in [6.45, 7) is 8.74. The minimum atomic E-state index is -0.362. The van der Waals surface area contributed by atoms with Crippen molar-refractivity contribution in [3.05, 3.63) is 24.3 Å². The monoisotopic (exact) mass is 358 g/mol. The molecule has 1 fully saturated rings. The molecule has 0 bridgehead atoms. The van der Waals surface area contributed by atoms with Gasteiger partial charge >= 0.3 is 6.01 Å². The topological polar surface area (TPSA) is 71.7 Å². The summed E-state index contributed by atoms with van der Waals surface area (Å²) in [7, 11) is 1.63. The molecule has 2 heterocycles. The highest BCUT2D eigenvalue weighted by Crippen LogP contribution is 2.25. The molecular weight excluding hydrogens is 332 g/mol. The van der Waals surface area contributed by atoms with Crippen molar-refractivity contribution in [1.29, 1.82) is 0 Å². The van der Waals surface area contributed by atoms with Gasteiger partial charge in [0.1, 0.15) is 5.75 Å². The van der Waals surface area contributed by atoms with E-state index < -0.39 is 0 Å². The summed E-state index contributed by atoms with van der Waals surface area (Å²) in [6.07, 6.45) is 0.874. The van der Waals surface area contributed by atoms with E-state index in [9.17, 15) is 4.79 Å². The third-order valence-corrected chi connectivity index (χ3v) is 4.44. The van der Waals surface area contributed by atoms with Gasteiger partial charge in [-0.3, -0.25) is 4.79 Å². The van der Waals surface area contributed by atoms with Gasteiger partial charge in [0.2, 0.25) is 11.7 Å². The van der Waals surface area contributed by atoms with Gasteiger partial charge < -0.3 is 19.1 Å². The van der Waals surface area contributed by atoms with Gasteiger partial charge in [-0.25, -0.2) is 0 Å². The van der Waals surface area contributed by atoms with Crippen LogP contribution in [0.4, 0.5) is 6.01 Å². The molecule has 0 saturated carbocycles. The molecule has 1 amide bonds. The predicted octanol–water partition coefficient (Wildman–Crippen LogP) is 2.83. The van der Waals surface area contributed by atoms with Crippen molar-refractivity contribution in [3.8, 4) is 17.1 Å². The van der Waals surface area contributed by atoms with Gasteiger partial charge in [-0.15, -0.1) is 0 Å². The molecule has 0 aliphatic carbocycles. The molecule has 0 atom stereocenters. The first-order valence-corrected chi connectivity index (χ1v) is 8.91. The fourth-order valence-electron chi connectivity index (χ4n) is 3.01. The Balaban J connectivity index is 1.71. The van der Waals surface area contributed by atoms with Crippen molar-refractivity contribution in [2.45, 2.75) is 27.2 Å². The van der Waals surface area contributed by atoms with Crippen LogP contribution in [0.5, 0.6) is 5.75 Å². The van der Waals surface area contributed by atoms with Crippen LogP contribution < -0.4 is 9.64 Å². The lowest BCUT2D eigenvalue weighted by molar-refractivity contribution is -0.139. The molecule has 7 heteroatoms. The van der Waals surface area contributed by atoms with E-state index in [0.717, 1.165) is 30.8 Å². The van der Waals surface area contributed by atoms with Gasteiger partial charge in [0.25, 0.3) is 0 Å². The zero-order chi connectivity index (χ0) is 18.7. The highest BCUT2D eigenvalue weighted by molar-refractivity contribution is 5.81. The van der Waals surface area contributed by atoms with Gasteiger partial charge in [0, 0.05) is 37.2 Å². The third-order valence-electron chi connectivity index (χ3n) is 4.44. The maximum Gasteiger partial charge on any atom is 0.324 e. The Labute approximate surface area is 153 Å². The molecule has 26 heavy (non-hydrogen) atoms. The number of carbonyl (C=O) groups excluding carboxylic acids is 1. The quantitative estimate of drug-likeness (QED) is 0.840. The average molecular weight is 358 g/mol. The number of methoxy groups -OCH3 is 1. The molecule has 1 saturated heterocycles. The first-order chi connectivity index (χ1) is 12.4. The highest BCUT2D eigenvalue weighted by atomic mass is 16.5. The Morgan fingerprint density at radius 1 is 1.19 bits per heavy atom. The molecule has 0 spiro atoms. The Morgan fingerprint density at radius 2 is 2.00 bits per heavy atom. The summed E-state index contributed by atoms with van der Waals surface area (Å²) in [5, 5.41) is 4.10. The number of carbonyl (C=O) groups is 1. The minimum absolute atomic E-state index is 0.182. The van der Waals surface area contributed by atoms with Crippen LogP contribution >= 0.6 is 0 Å². The van der Waals surface area contributed by atoms with E-state index in [0.29, 0.717) is 24.9 Å². The molecule has 3 rings (SSSR count). The second kappa shape index (κ2) is 7.35. The summed E-state index contributed by atoms with van der Waals surface area (Å²) in [4.78, 5) is 21.0. The average Bonchev–Trinajstić information content (AvgIpc) is 2.99. The highest BCUT2D eigenvalue weighted by Gasteiger charge is 2.29. The number of nitrogens with zero attached hydrogens (tertiary/aromatic N) is 4. The molecule has 1 aliphatic rings. The maximum atomic E-state index is 12.5. The van der Waals surface area contributed by atoms with Crippen LogP contribution in [-0.4, -0.2) is 54.2 Å². The Hall–Kier alpha value is -2.57. The summed E-state index contributed by atoms with van der Waals surface area (Å²) in [5.74, 6) is 1.47. The van der Waals surface area contributed by atoms with Crippen LogP contribution in [0.15, 0.2) is 28.8 Å². The van der Waals surface area contributed by atoms with Gasteiger partial charge in [-0.1, -0.05) is 38.1 Å². The van der Waals surface area contributed by atoms with E-state index in [2.05, 4.69) is 10.1 Å². The van der Waals surface area contributed by atoms with E-state index in [-0.39, 0.29) is 11.3 Å². The van der Waals surface area contributed by atoms with E-state index in [1.165, 1.54) is 0 Å². The van der Waals surface area contributed by atoms with E-state index in [1.807, 2.05) is 54.8 Å². The summed E-state index contributed by atoms with van der Waals surface area (Å²) in [5.41, 5.74) is 0.484. The predicted molar refractivity (Wildman–Crippen MR) is 99.2 cm³/mol. The molecule has 0 radical (unpaired) electrons. The Bertz CT molecular complexity index is 766. The zero-order valence-electron chi connectivity index (χ0n) is 15.9. The fourth-order valence-corrected chi connectivity index (χ4v) is 3.01. The van der Waals surface area contributed by atoms with Gasteiger partial charge in [0.15, 0.2) is 0 Å². The second-order valence-corrected chi connectivity index (χ2v) is 7.52. The van der Waals surface area contributed by atoms with Gasteiger partial charge in [-0.2, -0.15) is 4.98 Å². The number of amides is 1. The number of rotatable bonds is 3.